The molecule has 0 spiro atoms. The summed E-state index contributed by atoms with van der Waals surface area (Å²) in [5.74, 6) is 1.10. The van der Waals surface area contributed by atoms with Gasteiger partial charge < -0.3 is 15.2 Å². The fourth-order valence-electron chi connectivity index (χ4n) is 3.35. The van der Waals surface area contributed by atoms with Gasteiger partial charge in [-0.05, 0) is 82.0 Å². The summed E-state index contributed by atoms with van der Waals surface area (Å²) in [5, 5.41) is 12.8. The Labute approximate surface area is 183 Å². The molecule has 0 aliphatic carbocycles. The van der Waals surface area contributed by atoms with Crippen LogP contribution >= 0.6 is 0 Å². The summed E-state index contributed by atoms with van der Waals surface area (Å²) in [7, 11) is 0. The van der Waals surface area contributed by atoms with Gasteiger partial charge in [-0.3, -0.25) is 9.78 Å². The Kier molecular flexibility index (Phi) is 6.29. The molecular formula is C25H29N3O3. The molecule has 1 aromatic carbocycles. The summed E-state index contributed by atoms with van der Waals surface area (Å²) in [4.78, 5) is 20.7. The minimum atomic E-state index is -0.992. The lowest BCUT2D eigenvalue weighted by atomic mass is 9.84. The van der Waals surface area contributed by atoms with Gasteiger partial charge >= 0.3 is 5.97 Å². The molecule has 0 saturated carbocycles. The zero-order valence-corrected chi connectivity index (χ0v) is 18.9. The van der Waals surface area contributed by atoms with Gasteiger partial charge in [0.2, 0.25) is 0 Å². The van der Waals surface area contributed by atoms with Crippen LogP contribution in [0.2, 0.25) is 0 Å². The number of carbonyl (C=O) groups is 1. The van der Waals surface area contributed by atoms with E-state index in [-0.39, 0.29) is 0 Å². The highest BCUT2D eigenvalue weighted by Gasteiger charge is 2.29. The summed E-state index contributed by atoms with van der Waals surface area (Å²) in [6.45, 7) is 11.4. The van der Waals surface area contributed by atoms with E-state index >= 15 is 0 Å². The molecule has 0 aliphatic rings. The number of aryl methyl sites for hydroxylation is 4. The molecule has 6 nitrogen and oxygen atoms in total. The van der Waals surface area contributed by atoms with E-state index in [9.17, 15) is 9.90 Å². The van der Waals surface area contributed by atoms with Crippen LogP contribution in [0, 0.1) is 20.8 Å². The second kappa shape index (κ2) is 8.76. The van der Waals surface area contributed by atoms with Gasteiger partial charge in [0, 0.05) is 23.6 Å². The van der Waals surface area contributed by atoms with E-state index in [0.29, 0.717) is 17.3 Å². The highest BCUT2D eigenvalue weighted by atomic mass is 16.5. The molecule has 6 heteroatoms. The fraction of sp³-hybridized carbons (Fsp3) is 0.320. The predicted molar refractivity (Wildman–Crippen MR) is 123 cm³/mol. The monoisotopic (exact) mass is 419 g/mol. The van der Waals surface area contributed by atoms with Gasteiger partial charge in [0.15, 0.2) is 0 Å². The molecule has 2 heterocycles. The number of hydrogen-bond acceptors (Lipinski definition) is 5. The number of carboxylic acid groups (broad SMARTS) is 1. The van der Waals surface area contributed by atoms with Crippen molar-refractivity contribution in [1.29, 1.82) is 0 Å². The molecule has 3 aromatic rings. The summed E-state index contributed by atoms with van der Waals surface area (Å²) in [6, 6.07) is 11.3. The van der Waals surface area contributed by atoms with Gasteiger partial charge in [-0.25, -0.2) is 4.98 Å². The number of benzene rings is 1. The van der Waals surface area contributed by atoms with Crippen molar-refractivity contribution in [3.8, 4) is 11.5 Å². The predicted octanol–water partition coefficient (Wildman–Crippen LogP) is 5.86. The van der Waals surface area contributed by atoms with E-state index in [2.05, 4.69) is 22.2 Å². The zero-order chi connectivity index (χ0) is 22.8. The minimum absolute atomic E-state index is 0.606. The van der Waals surface area contributed by atoms with E-state index < -0.39 is 11.4 Å². The van der Waals surface area contributed by atoms with E-state index in [1.54, 1.807) is 26.1 Å². The van der Waals surface area contributed by atoms with Crippen LogP contribution in [0.25, 0.3) is 0 Å². The molecule has 0 fully saturated rings. The normalized spacial score (nSPS) is 11.3. The number of nitrogens with zero attached hydrogens (tertiary/aromatic N) is 2. The van der Waals surface area contributed by atoms with Crippen LogP contribution in [0.1, 0.15) is 48.8 Å². The van der Waals surface area contributed by atoms with Gasteiger partial charge in [0.25, 0.3) is 0 Å². The highest BCUT2D eigenvalue weighted by Crippen LogP contribution is 2.30. The van der Waals surface area contributed by atoms with Gasteiger partial charge in [-0.1, -0.05) is 13.0 Å². The number of rotatable bonds is 7. The van der Waals surface area contributed by atoms with Crippen LogP contribution < -0.4 is 10.1 Å². The van der Waals surface area contributed by atoms with Crippen molar-refractivity contribution < 1.29 is 14.6 Å². The molecule has 0 aliphatic heterocycles. The highest BCUT2D eigenvalue weighted by molar-refractivity contribution is 5.81. The van der Waals surface area contributed by atoms with E-state index in [0.717, 1.165) is 40.2 Å². The lowest BCUT2D eigenvalue weighted by molar-refractivity contribution is -0.142. The van der Waals surface area contributed by atoms with Crippen molar-refractivity contribution in [2.75, 3.05) is 5.32 Å². The first-order valence-corrected chi connectivity index (χ1v) is 10.3. The van der Waals surface area contributed by atoms with Gasteiger partial charge in [0.1, 0.15) is 17.3 Å². The Hall–Kier alpha value is -3.41. The number of anilines is 2. The molecule has 3 rings (SSSR count). The second-order valence-corrected chi connectivity index (χ2v) is 8.31. The van der Waals surface area contributed by atoms with Crippen molar-refractivity contribution >= 4 is 17.5 Å². The molecule has 0 bridgehead atoms. The maximum absolute atomic E-state index is 11.7. The minimum Gasteiger partial charge on any atom is -0.481 e. The Morgan fingerprint density at radius 1 is 1.13 bits per heavy atom. The summed E-state index contributed by atoms with van der Waals surface area (Å²) < 4.78 is 6.08. The van der Waals surface area contributed by atoms with Crippen LogP contribution in [0.3, 0.4) is 0 Å². The van der Waals surface area contributed by atoms with Crippen LogP contribution in [0.5, 0.6) is 11.5 Å². The summed E-state index contributed by atoms with van der Waals surface area (Å²) >= 11 is 0. The Morgan fingerprint density at radius 3 is 2.55 bits per heavy atom. The number of carboxylic acids is 1. The number of ether oxygens (including phenoxy) is 1. The SMILES string of the molecule is CCc1nc(C)c(Oc2ccnc(Nc3cc(C)cc(C(C)(C)C(=O)O)c3)c2)cc1C. The van der Waals surface area contributed by atoms with Crippen molar-refractivity contribution in [2.45, 2.75) is 53.4 Å². The van der Waals surface area contributed by atoms with Crippen molar-refractivity contribution in [1.82, 2.24) is 9.97 Å². The third kappa shape index (κ3) is 5.02. The maximum Gasteiger partial charge on any atom is 0.313 e. The van der Waals surface area contributed by atoms with E-state index in [1.807, 2.05) is 51.1 Å². The van der Waals surface area contributed by atoms with Crippen molar-refractivity contribution in [3.63, 3.8) is 0 Å². The average Bonchev–Trinajstić information content (AvgIpc) is 2.70. The van der Waals surface area contributed by atoms with Crippen LogP contribution in [0.15, 0.2) is 42.6 Å². The molecule has 162 valence electrons. The quantitative estimate of drug-likeness (QED) is 0.499. The molecule has 0 unspecified atom stereocenters. The number of pyridine rings is 2. The van der Waals surface area contributed by atoms with Crippen LogP contribution in [-0.4, -0.2) is 21.0 Å². The smallest absolute Gasteiger partial charge is 0.313 e. The lowest BCUT2D eigenvalue weighted by Crippen LogP contribution is -2.28. The summed E-state index contributed by atoms with van der Waals surface area (Å²) in [6.07, 6.45) is 2.55. The summed E-state index contributed by atoms with van der Waals surface area (Å²) in [5.41, 5.74) is 4.49. The Morgan fingerprint density at radius 2 is 1.87 bits per heavy atom. The molecule has 31 heavy (non-hydrogen) atoms. The number of aromatic nitrogens is 2. The fourth-order valence-corrected chi connectivity index (χ4v) is 3.35. The molecule has 0 radical (unpaired) electrons. The second-order valence-electron chi connectivity index (χ2n) is 8.31. The van der Waals surface area contributed by atoms with Crippen molar-refractivity contribution in [3.05, 3.63) is 70.7 Å². The van der Waals surface area contributed by atoms with E-state index in [4.69, 9.17) is 4.74 Å². The molecular weight excluding hydrogens is 390 g/mol. The number of aliphatic carboxylic acids is 1. The third-order valence-corrected chi connectivity index (χ3v) is 5.36. The molecule has 0 saturated heterocycles. The molecule has 2 N–H and O–H groups in total. The maximum atomic E-state index is 11.7. The standard InChI is InChI=1S/C25H29N3O3/c1-7-21-16(3)12-22(17(4)27-21)31-20-8-9-26-23(14-20)28-19-11-15(2)10-18(13-19)25(5,6)24(29)30/h8-14H,7H2,1-6H3,(H,26,28)(H,29,30). The van der Waals surface area contributed by atoms with E-state index in [1.165, 1.54) is 0 Å². The van der Waals surface area contributed by atoms with Gasteiger partial charge in [-0.15, -0.1) is 0 Å². The number of hydrogen-bond donors (Lipinski definition) is 2. The first-order valence-electron chi connectivity index (χ1n) is 10.3. The Balaban J connectivity index is 1.86. The largest absolute Gasteiger partial charge is 0.481 e. The third-order valence-electron chi connectivity index (χ3n) is 5.36. The Bertz CT molecular complexity index is 1120. The average molecular weight is 420 g/mol. The first-order chi connectivity index (χ1) is 14.6. The van der Waals surface area contributed by atoms with Crippen LogP contribution in [-0.2, 0) is 16.6 Å². The zero-order valence-electron chi connectivity index (χ0n) is 18.9. The van der Waals surface area contributed by atoms with Gasteiger partial charge in [-0.2, -0.15) is 0 Å². The van der Waals surface area contributed by atoms with Crippen LogP contribution in [0.4, 0.5) is 11.5 Å². The lowest BCUT2D eigenvalue weighted by Gasteiger charge is -2.21. The molecule has 2 aromatic heterocycles. The topological polar surface area (TPSA) is 84.3 Å². The molecule has 0 atom stereocenters. The number of nitrogens with one attached hydrogen (secondary N) is 1. The molecule has 0 amide bonds. The van der Waals surface area contributed by atoms with Crippen molar-refractivity contribution in [2.24, 2.45) is 0 Å². The van der Waals surface area contributed by atoms with Gasteiger partial charge in [0.05, 0.1) is 11.1 Å². The first kappa shape index (κ1) is 22.3.